The van der Waals surface area contributed by atoms with Crippen LogP contribution >= 0.6 is 0 Å². The second kappa shape index (κ2) is 7.07. The lowest BCUT2D eigenvalue weighted by molar-refractivity contribution is -0.632. The highest BCUT2D eigenvalue weighted by atomic mass is 16.5. The minimum atomic E-state index is -0.120. The molecule has 1 aliphatic heterocycles. The highest BCUT2D eigenvalue weighted by Crippen LogP contribution is 2.53. The molecule has 35 heavy (non-hydrogen) atoms. The number of imidazole rings is 1. The normalized spacial score (nSPS) is 16.1. The molecule has 0 saturated heterocycles. The van der Waals surface area contributed by atoms with E-state index in [1.54, 1.807) is 0 Å². The minimum Gasteiger partial charge on any atom is -0.489 e. The lowest BCUT2D eigenvalue weighted by atomic mass is 9.60. The van der Waals surface area contributed by atoms with Crippen LogP contribution in [0.25, 0.3) is 38.7 Å². The number of fused-ring (bicyclic) bond motifs is 3. The van der Waals surface area contributed by atoms with Crippen molar-refractivity contribution in [2.75, 3.05) is 0 Å². The first-order valence-corrected chi connectivity index (χ1v) is 12.6. The standard InChI is InChI=1S/C31H34N3O/c1-18(2)35-23-17-32-25-21-15-12-16-22-27(21)34-28(31(6,7)30(22,4)5)26(20-13-10-9-11-14-20)33(8)29(34)24(25)19(23)3/h9-18H,1-8H3/q+1. The van der Waals surface area contributed by atoms with E-state index in [4.69, 9.17) is 9.72 Å². The van der Waals surface area contributed by atoms with Gasteiger partial charge >= 0.3 is 0 Å². The molecule has 3 aromatic heterocycles. The molecule has 5 aromatic rings. The molecule has 0 fully saturated rings. The Balaban J connectivity index is 1.95. The van der Waals surface area contributed by atoms with Gasteiger partial charge in [-0.15, -0.1) is 0 Å². The van der Waals surface area contributed by atoms with Gasteiger partial charge in [0, 0.05) is 32.9 Å². The van der Waals surface area contributed by atoms with E-state index in [-0.39, 0.29) is 16.9 Å². The summed E-state index contributed by atoms with van der Waals surface area (Å²) in [4.78, 5) is 5.02. The molecule has 0 spiro atoms. The smallest absolute Gasteiger partial charge is 0.297 e. The van der Waals surface area contributed by atoms with Gasteiger partial charge in [0.05, 0.1) is 30.3 Å². The monoisotopic (exact) mass is 464 g/mol. The summed E-state index contributed by atoms with van der Waals surface area (Å²) < 4.78 is 11.1. The summed E-state index contributed by atoms with van der Waals surface area (Å²) in [6.07, 6.45) is 1.99. The minimum absolute atomic E-state index is 0.0757. The van der Waals surface area contributed by atoms with Crippen LogP contribution in [0.2, 0.25) is 0 Å². The third-order valence-corrected chi connectivity index (χ3v) is 8.58. The maximum absolute atomic E-state index is 6.21. The van der Waals surface area contributed by atoms with Crippen molar-refractivity contribution in [3.63, 3.8) is 0 Å². The Hall–Kier alpha value is -3.40. The fourth-order valence-corrected chi connectivity index (χ4v) is 6.17. The van der Waals surface area contributed by atoms with Crippen LogP contribution in [0, 0.1) is 6.92 Å². The van der Waals surface area contributed by atoms with Crippen molar-refractivity contribution in [1.82, 2.24) is 9.38 Å². The van der Waals surface area contributed by atoms with Crippen LogP contribution in [-0.4, -0.2) is 15.5 Å². The molecule has 0 bridgehead atoms. The van der Waals surface area contributed by atoms with Gasteiger partial charge in [0.15, 0.2) is 11.4 Å². The van der Waals surface area contributed by atoms with Crippen LogP contribution in [0.4, 0.5) is 0 Å². The number of rotatable bonds is 3. The molecule has 0 N–H and O–H groups in total. The summed E-state index contributed by atoms with van der Waals surface area (Å²) in [5.74, 6) is 0.852. The molecule has 4 nitrogen and oxygen atoms in total. The zero-order valence-electron chi connectivity index (χ0n) is 22.0. The van der Waals surface area contributed by atoms with E-state index in [0.717, 1.165) is 22.2 Å². The van der Waals surface area contributed by atoms with Gasteiger partial charge in [0.25, 0.3) is 5.65 Å². The predicted octanol–water partition coefficient (Wildman–Crippen LogP) is 6.80. The van der Waals surface area contributed by atoms with E-state index in [1.165, 1.54) is 39.1 Å². The van der Waals surface area contributed by atoms with Gasteiger partial charge in [-0.05, 0) is 26.8 Å². The first-order valence-electron chi connectivity index (χ1n) is 12.6. The summed E-state index contributed by atoms with van der Waals surface area (Å²) in [5, 5.41) is 2.36. The lowest BCUT2D eigenvalue weighted by Gasteiger charge is -2.43. The van der Waals surface area contributed by atoms with E-state index in [0.29, 0.717) is 0 Å². The molecule has 178 valence electrons. The summed E-state index contributed by atoms with van der Waals surface area (Å²) in [6.45, 7) is 15.9. The van der Waals surface area contributed by atoms with E-state index < -0.39 is 0 Å². The molecule has 0 atom stereocenters. The molecule has 0 aliphatic carbocycles. The van der Waals surface area contributed by atoms with E-state index in [1.807, 2.05) is 6.20 Å². The number of ether oxygens (including phenoxy) is 1. The van der Waals surface area contributed by atoms with Gasteiger partial charge in [-0.1, -0.05) is 70.2 Å². The predicted molar refractivity (Wildman–Crippen MR) is 143 cm³/mol. The molecule has 4 heterocycles. The van der Waals surface area contributed by atoms with E-state index in [2.05, 4.69) is 113 Å². The third kappa shape index (κ3) is 2.68. The molecule has 1 aliphatic rings. The van der Waals surface area contributed by atoms with Gasteiger partial charge in [-0.2, -0.15) is 4.40 Å². The van der Waals surface area contributed by atoms with E-state index >= 15 is 0 Å². The van der Waals surface area contributed by atoms with Gasteiger partial charge in [0.1, 0.15) is 11.3 Å². The number of hydrogen-bond donors (Lipinski definition) is 0. The van der Waals surface area contributed by atoms with Crippen molar-refractivity contribution < 1.29 is 9.30 Å². The third-order valence-electron chi connectivity index (χ3n) is 8.58. The van der Waals surface area contributed by atoms with Gasteiger partial charge < -0.3 is 4.74 Å². The highest BCUT2D eigenvalue weighted by Gasteiger charge is 2.52. The Morgan fingerprint density at radius 1 is 0.943 bits per heavy atom. The maximum atomic E-state index is 6.21. The number of aryl methyl sites for hydroxylation is 2. The Morgan fingerprint density at radius 3 is 2.34 bits per heavy atom. The van der Waals surface area contributed by atoms with Crippen molar-refractivity contribution in [1.29, 1.82) is 0 Å². The zero-order chi connectivity index (χ0) is 24.9. The van der Waals surface area contributed by atoms with Crippen LogP contribution in [0.1, 0.15) is 58.4 Å². The Morgan fingerprint density at radius 2 is 1.66 bits per heavy atom. The van der Waals surface area contributed by atoms with Crippen molar-refractivity contribution in [2.45, 2.75) is 65.4 Å². The maximum Gasteiger partial charge on any atom is 0.297 e. The van der Waals surface area contributed by atoms with Crippen molar-refractivity contribution >= 4 is 27.5 Å². The molecule has 0 unspecified atom stereocenters. The number of aromatic nitrogens is 3. The molecule has 6 rings (SSSR count). The SMILES string of the molecule is Cc1c(OC(C)C)cnc2c3cccc4c3n3c(c(-c5ccccc5)[n+](C)c3c12)C(C)(C)C4(C)C. The van der Waals surface area contributed by atoms with Crippen LogP contribution in [0.5, 0.6) is 5.75 Å². The molecular weight excluding hydrogens is 430 g/mol. The quantitative estimate of drug-likeness (QED) is 0.217. The largest absolute Gasteiger partial charge is 0.489 e. The summed E-state index contributed by atoms with van der Waals surface area (Å²) in [6, 6.07) is 17.6. The fourth-order valence-electron chi connectivity index (χ4n) is 6.17. The highest BCUT2D eigenvalue weighted by molar-refractivity contribution is 6.12. The van der Waals surface area contributed by atoms with Gasteiger partial charge in [-0.3, -0.25) is 4.98 Å². The summed E-state index contributed by atoms with van der Waals surface area (Å²) in [5.41, 5.74) is 9.66. The molecule has 4 heteroatoms. The van der Waals surface area contributed by atoms with Crippen LogP contribution < -0.4 is 9.30 Å². The number of benzene rings is 2. The summed E-state index contributed by atoms with van der Waals surface area (Å²) in [7, 11) is 2.21. The Bertz CT molecular complexity index is 1660. The number of pyridine rings is 2. The number of hydrogen-bond acceptors (Lipinski definition) is 2. The fraction of sp³-hybridized carbons (Fsp3) is 0.355. The van der Waals surface area contributed by atoms with Crippen molar-refractivity contribution in [2.24, 2.45) is 7.05 Å². The molecular formula is C31H34N3O+. The molecule has 2 aromatic carbocycles. The lowest BCUT2D eigenvalue weighted by Crippen LogP contribution is -2.44. The first-order chi connectivity index (χ1) is 16.6. The van der Waals surface area contributed by atoms with Crippen molar-refractivity contribution in [3.05, 3.63) is 71.5 Å². The van der Waals surface area contributed by atoms with E-state index in [9.17, 15) is 0 Å². The van der Waals surface area contributed by atoms with Crippen LogP contribution in [-0.2, 0) is 17.9 Å². The average molecular weight is 465 g/mol. The van der Waals surface area contributed by atoms with Crippen molar-refractivity contribution in [3.8, 4) is 17.0 Å². The van der Waals surface area contributed by atoms with Crippen LogP contribution in [0.15, 0.2) is 54.7 Å². The molecule has 0 amide bonds. The van der Waals surface area contributed by atoms with Gasteiger partial charge in [-0.25, -0.2) is 4.57 Å². The molecule has 0 saturated carbocycles. The Labute approximate surface area is 207 Å². The van der Waals surface area contributed by atoms with Gasteiger partial charge in [0.2, 0.25) is 0 Å². The number of para-hydroxylation sites is 1. The Kier molecular flexibility index (Phi) is 4.46. The number of nitrogens with zero attached hydrogens (tertiary/aromatic N) is 3. The topological polar surface area (TPSA) is 30.4 Å². The average Bonchev–Trinajstić information content (AvgIpc) is 3.13. The summed E-state index contributed by atoms with van der Waals surface area (Å²) >= 11 is 0. The first kappa shape index (κ1) is 22.1. The zero-order valence-corrected chi connectivity index (χ0v) is 22.0. The second-order valence-electron chi connectivity index (χ2n) is 11.4. The second-order valence-corrected chi connectivity index (χ2v) is 11.4. The molecule has 0 radical (unpaired) electrons. The van der Waals surface area contributed by atoms with Crippen LogP contribution in [0.3, 0.4) is 0 Å².